The highest BCUT2D eigenvalue weighted by Gasteiger charge is 2.13. The average molecular weight is 324 g/mol. The second kappa shape index (κ2) is 6.23. The predicted molar refractivity (Wildman–Crippen MR) is 80.1 cm³/mol. The van der Waals surface area contributed by atoms with E-state index in [4.69, 9.17) is 0 Å². The zero-order chi connectivity index (χ0) is 16.3. The molecule has 0 aliphatic heterocycles. The molecule has 1 N–H and O–H groups in total. The van der Waals surface area contributed by atoms with Crippen LogP contribution >= 0.6 is 0 Å². The van der Waals surface area contributed by atoms with Gasteiger partial charge in [-0.1, -0.05) is 17.7 Å². The van der Waals surface area contributed by atoms with Gasteiger partial charge in [-0.15, -0.1) is 0 Å². The van der Waals surface area contributed by atoms with Gasteiger partial charge >= 0.3 is 0 Å². The monoisotopic (exact) mass is 324 g/mol. The number of sulfonamides is 1. The molecule has 0 aliphatic rings. The van der Waals surface area contributed by atoms with Crippen molar-refractivity contribution in [2.45, 2.75) is 18.7 Å². The Morgan fingerprint density at radius 3 is 2.36 bits per heavy atom. The molecule has 7 heteroatoms. The zero-order valence-electron chi connectivity index (χ0n) is 12.0. The predicted octanol–water partition coefficient (Wildman–Crippen LogP) is 2.98. The van der Waals surface area contributed by atoms with Crippen LogP contribution in [0.4, 0.5) is 8.78 Å². The Hall–Kier alpha value is -2.28. The number of nitrogens with one attached hydrogen (secondary N) is 1. The molecule has 0 atom stereocenters. The molecule has 0 fully saturated rings. The third-order valence-electron chi connectivity index (χ3n) is 2.98. The van der Waals surface area contributed by atoms with Crippen molar-refractivity contribution in [3.63, 3.8) is 0 Å². The molecule has 0 amide bonds. The van der Waals surface area contributed by atoms with Crippen molar-refractivity contribution in [1.82, 2.24) is 4.83 Å². The molecule has 116 valence electrons. The number of benzene rings is 2. The third-order valence-corrected chi connectivity index (χ3v) is 4.21. The Kier molecular flexibility index (Phi) is 4.56. The van der Waals surface area contributed by atoms with Crippen molar-refractivity contribution in [3.05, 3.63) is 65.2 Å². The van der Waals surface area contributed by atoms with Crippen LogP contribution in [0, 0.1) is 18.6 Å². The van der Waals surface area contributed by atoms with Crippen LogP contribution < -0.4 is 4.83 Å². The molecule has 2 rings (SSSR count). The summed E-state index contributed by atoms with van der Waals surface area (Å²) >= 11 is 0. The van der Waals surface area contributed by atoms with E-state index in [1.165, 1.54) is 19.1 Å². The van der Waals surface area contributed by atoms with Gasteiger partial charge in [0.25, 0.3) is 10.0 Å². The van der Waals surface area contributed by atoms with E-state index in [0.29, 0.717) is 0 Å². The topological polar surface area (TPSA) is 58.5 Å². The fourth-order valence-corrected chi connectivity index (χ4v) is 2.59. The number of nitrogens with zero attached hydrogens (tertiary/aromatic N) is 1. The lowest BCUT2D eigenvalue weighted by Crippen LogP contribution is -2.20. The van der Waals surface area contributed by atoms with E-state index in [1.54, 1.807) is 12.1 Å². The SMILES string of the molecule is C/C(=N/NS(=O)(=O)c1ccc(C)cc1)c1cc(F)ccc1F. The van der Waals surface area contributed by atoms with Crippen molar-refractivity contribution in [2.75, 3.05) is 0 Å². The van der Waals surface area contributed by atoms with E-state index < -0.39 is 21.7 Å². The van der Waals surface area contributed by atoms with Crippen LogP contribution in [-0.2, 0) is 10.0 Å². The molecule has 0 bridgehead atoms. The number of hydrazone groups is 1. The second-order valence-corrected chi connectivity index (χ2v) is 6.39. The van der Waals surface area contributed by atoms with Crippen molar-refractivity contribution >= 4 is 15.7 Å². The van der Waals surface area contributed by atoms with Crippen molar-refractivity contribution in [3.8, 4) is 0 Å². The average Bonchev–Trinajstić information content (AvgIpc) is 2.48. The van der Waals surface area contributed by atoms with Crippen LogP contribution in [0.5, 0.6) is 0 Å². The number of halogens is 2. The van der Waals surface area contributed by atoms with Gasteiger partial charge in [-0.25, -0.2) is 8.78 Å². The Balaban J connectivity index is 2.26. The lowest BCUT2D eigenvalue weighted by molar-refractivity contribution is 0.584. The maximum atomic E-state index is 13.6. The summed E-state index contributed by atoms with van der Waals surface area (Å²) in [5, 5.41) is 3.64. The molecule has 0 radical (unpaired) electrons. The summed E-state index contributed by atoms with van der Waals surface area (Å²) in [4.78, 5) is 2.05. The molecule has 0 spiro atoms. The van der Waals surface area contributed by atoms with E-state index in [1.807, 2.05) is 11.8 Å². The molecule has 0 saturated heterocycles. The van der Waals surface area contributed by atoms with Crippen LogP contribution in [0.15, 0.2) is 52.5 Å². The lowest BCUT2D eigenvalue weighted by atomic mass is 10.1. The number of hydrogen-bond acceptors (Lipinski definition) is 3. The summed E-state index contributed by atoms with van der Waals surface area (Å²) < 4.78 is 50.8. The highest BCUT2D eigenvalue weighted by Crippen LogP contribution is 2.12. The first-order valence-electron chi connectivity index (χ1n) is 6.38. The van der Waals surface area contributed by atoms with Gasteiger partial charge in [-0.3, -0.25) is 0 Å². The summed E-state index contributed by atoms with van der Waals surface area (Å²) in [5.74, 6) is -1.32. The van der Waals surface area contributed by atoms with Gasteiger partial charge in [0.05, 0.1) is 10.6 Å². The fraction of sp³-hybridized carbons (Fsp3) is 0.133. The van der Waals surface area contributed by atoms with Gasteiger partial charge in [0.1, 0.15) is 11.6 Å². The minimum absolute atomic E-state index is 0.0210. The van der Waals surface area contributed by atoms with Gasteiger partial charge in [-0.05, 0) is 44.2 Å². The highest BCUT2D eigenvalue weighted by atomic mass is 32.2. The van der Waals surface area contributed by atoms with Crippen LogP contribution in [0.2, 0.25) is 0 Å². The maximum absolute atomic E-state index is 13.6. The summed E-state index contributed by atoms with van der Waals surface area (Å²) in [6.45, 7) is 3.22. The van der Waals surface area contributed by atoms with Crippen LogP contribution in [-0.4, -0.2) is 14.1 Å². The summed E-state index contributed by atoms with van der Waals surface area (Å²) in [5.41, 5.74) is 0.833. The lowest BCUT2D eigenvalue weighted by Gasteiger charge is -2.06. The van der Waals surface area contributed by atoms with Gasteiger partial charge in [0.2, 0.25) is 0 Å². The first kappa shape index (κ1) is 16.1. The quantitative estimate of drug-likeness (QED) is 0.694. The molecular formula is C15H14F2N2O2S. The molecule has 4 nitrogen and oxygen atoms in total. The van der Waals surface area contributed by atoms with Gasteiger partial charge < -0.3 is 0 Å². The maximum Gasteiger partial charge on any atom is 0.276 e. The van der Waals surface area contributed by atoms with Crippen molar-refractivity contribution in [2.24, 2.45) is 5.10 Å². The molecule has 0 aromatic heterocycles. The third kappa shape index (κ3) is 3.67. The summed E-state index contributed by atoms with van der Waals surface area (Å²) in [7, 11) is -3.86. The first-order valence-corrected chi connectivity index (χ1v) is 7.86. The van der Waals surface area contributed by atoms with Gasteiger partial charge in [-0.2, -0.15) is 18.4 Å². The summed E-state index contributed by atoms with van der Waals surface area (Å²) in [6, 6.07) is 9.06. The molecule has 0 unspecified atom stereocenters. The van der Waals surface area contributed by atoms with Crippen LogP contribution in [0.1, 0.15) is 18.1 Å². The number of aryl methyl sites for hydroxylation is 1. The first-order chi connectivity index (χ1) is 10.3. The minimum atomic E-state index is -3.86. The van der Waals surface area contributed by atoms with Crippen LogP contribution in [0.3, 0.4) is 0 Å². The normalized spacial score (nSPS) is 12.3. The van der Waals surface area contributed by atoms with Crippen molar-refractivity contribution in [1.29, 1.82) is 0 Å². The number of rotatable bonds is 4. The largest absolute Gasteiger partial charge is 0.276 e. The molecular weight excluding hydrogens is 310 g/mol. The van der Waals surface area contributed by atoms with Crippen LogP contribution in [0.25, 0.3) is 0 Å². The Labute approximate surface area is 127 Å². The smallest absolute Gasteiger partial charge is 0.207 e. The number of hydrogen-bond donors (Lipinski definition) is 1. The Morgan fingerprint density at radius 2 is 1.73 bits per heavy atom. The zero-order valence-corrected chi connectivity index (χ0v) is 12.8. The van der Waals surface area contributed by atoms with E-state index in [0.717, 1.165) is 23.8 Å². The Morgan fingerprint density at radius 1 is 1.09 bits per heavy atom. The van der Waals surface area contributed by atoms with Crippen molar-refractivity contribution < 1.29 is 17.2 Å². The molecule has 2 aromatic carbocycles. The standard InChI is InChI=1S/C15H14F2N2O2S/c1-10-3-6-13(7-4-10)22(20,21)19-18-11(2)14-9-12(16)5-8-15(14)17/h3-9,19H,1-2H3/b18-11-. The molecule has 22 heavy (non-hydrogen) atoms. The minimum Gasteiger partial charge on any atom is -0.207 e. The molecule has 0 aliphatic carbocycles. The van der Waals surface area contributed by atoms with E-state index in [9.17, 15) is 17.2 Å². The van der Waals surface area contributed by atoms with Gasteiger partial charge in [0.15, 0.2) is 0 Å². The fourth-order valence-electron chi connectivity index (χ4n) is 1.73. The molecule has 0 saturated carbocycles. The van der Waals surface area contributed by atoms with E-state index in [2.05, 4.69) is 5.10 Å². The molecule has 2 aromatic rings. The Bertz CT molecular complexity index is 816. The summed E-state index contributed by atoms with van der Waals surface area (Å²) in [6.07, 6.45) is 0. The van der Waals surface area contributed by atoms with Gasteiger partial charge in [0, 0.05) is 5.56 Å². The van der Waals surface area contributed by atoms with E-state index >= 15 is 0 Å². The second-order valence-electron chi connectivity index (χ2n) is 4.73. The highest BCUT2D eigenvalue weighted by molar-refractivity contribution is 7.89. The van der Waals surface area contributed by atoms with E-state index in [-0.39, 0.29) is 16.2 Å². The molecule has 0 heterocycles.